The van der Waals surface area contributed by atoms with Crippen LogP contribution in [-0.2, 0) is 11.2 Å². The maximum atomic E-state index is 13.2. The van der Waals surface area contributed by atoms with Crippen LogP contribution < -0.4 is 9.80 Å². The van der Waals surface area contributed by atoms with E-state index in [1.807, 2.05) is 4.90 Å². The van der Waals surface area contributed by atoms with Gasteiger partial charge in [-0.1, -0.05) is 12.1 Å². The van der Waals surface area contributed by atoms with Crippen molar-refractivity contribution in [3.8, 4) is 0 Å². The molecule has 0 saturated carbocycles. The van der Waals surface area contributed by atoms with Gasteiger partial charge in [-0.25, -0.2) is 9.37 Å². The topological polar surface area (TPSA) is 95.7 Å². The summed E-state index contributed by atoms with van der Waals surface area (Å²) in [5.41, 5.74) is 1.94. The summed E-state index contributed by atoms with van der Waals surface area (Å²) < 4.78 is 17.6. The molecule has 0 unspecified atom stereocenters. The second kappa shape index (κ2) is 11.4. The third kappa shape index (κ3) is 6.34. The second-order valence-electron chi connectivity index (χ2n) is 8.97. The van der Waals surface area contributed by atoms with E-state index in [9.17, 15) is 19.3 Å². The van der Waals surface area contributed by atoms with Gasteiger partial charge in [-0.15, -0.1) is 0 Å². The average Bonchev–Trinajstić information content (AvgIpc) is 3.33. The van der Waals surface area contributed by atoms with E-state index >= 15 is 0 Å². The third-order valence-corrected chi connectivity index (χ3v) is 7.02. The maximum Gasteiger partial charge on any atom is 0.269 e. The number of benzene rings is 2. The second-order valence-corrected chi connectivity index (χ2v) is 9.71. The van der Waals surface area contributed by atoms with Crippen LogP contribution in [0, 0.1) is 15.9 Å². The number of rotatable bonds is 9. The molecule has 0 aliphatic carbocycles. The van der Waals surface area contributed by atoms with E-state index in [1.165, 1.54) is 35.8 Å². The number of nitro benzene ring substituents is 1. The van der Waals surface area contributed by atoms with Gasteiger partial charge in [0.05, 0.1) is 4.92 Å². The van der Waals surface area contributed by atoms with Crippen LogP contribution in [0.2, 0.25) is 0 Å². The summed E-state index contributed by atoms with van der Waals surface area (Å²) in [6.45, 7) is 7.25. The lowest BCUT2D eigenvalue weighted by molar-refractivity contribution is -0.384. The maximum absolute atomic E-state index is 13.2. The van der Waals surface area contributed by atoms with Crippen LogP contribution in [0.1, 0.15) is 31.7 Å². The zero-order valence-electron chi connectivity index (χ0n) is 20.3. The molecule has 2 heterocycles. The molecule has 4 rings (SSSR count). The number of nitrogens with zero attached hydrogens (tertiary/aromatic N) is 6. The summed E-state index contributed by atoms with van der Waals surface area (Å²) in [6.07, 6.45) is 0.906. The lowest BCUT2D eigenvalue weighted by atomic mass is 10.1. The van der Waals surface area contributed by atoms with Crippen LogP contribution >= 0.6 is 11.5 Å². The number of piperazine rings is 1. The Balaban J connectivity index is 1.29. The van der Waals surface area contributed by atoms with E-state index in [2.05, 4.69) is 33.0 Å². The van der Waals surface area contributed by atoms with Crippen molar-refractivity contribution in [1.29, 1.82) is 0 Å². The van der Waals surface area contributed by atoms with Crippen molar-refractivity contribution < 1.29 is 14.1 Å². The summed E-state index contributed by atoms with van der Waals surface area (Å²) in [4.78, 5) is 34.2. The van der Waals surface area contributed by atoms with Gasteiger partial charge in [0.1, 0.15) is 11.6 Å². The lowest BCUT2D eigenvalue weighted by Gasteiger charge is -2.36. The number of halogens is 1. The number of amides is 1. The molecular formula is C25H29FN6O3S. The van der Waals surface area contributed by atoms with Gasteiger partial charge in [-0.2, -0.15) is 4.37 Å². The Labute approximate surface area is 213 Å². The molecule has 1 aliphatic rings. The summed E-state index contributed by atoms with van der Waals surface area (Å²) in [5, 5.41) is 11.6. The molecule has 11 heteroatoms. The number of carbonyl (C=O) groups is 1. The Hall–Kier alpha value is -3.60. The fraction of sp³-hybridized carbons (Fsp3) is 0.400. The summed E-state index contributed by atoms with van der Waals surface area (Å²) >= 11 is 1.31. The van der Waals surface area contributed by atoms with Crippen LogP contribution in [0.15, 0.2) is 48.5 Å². The van der Waals surface area contributed by atoms with Crippen LogP contribution in [0.25, 0.3) is 0 Å². The molecule has 0 spiro atoms. The van der Waals surface area contributed by atoms with Gasteiger partial charge in [-0.05, 0) is 43.7 Å². The first kappa shape index (κ1) is 25.5. The first-order valence-corrected chi connectivity index (χ1v) is 12.7. The minimum atomic E-state index is -0.408. The number of anilines is 2. The highest BCUT2D eigenvalue weighted by molar-refractivity contribution is 7.09. The van der Waals surface area contributed by atoms with E-state index in [-0.39, 0.29) is 23.5 Å². The van der Waals surface area contributed by atoms with Gasteiger partial charge in [0.2, 0.25) is 11.0 Å². The first-order valence-electron chi connectivity index (χ1n) is 11.9. The average molecular weight is 513 g/mol. The Kier molecular flexibility index (Phi) is 8.09. The van der Waals surface area contributed by atoms with E-state index in [1.54, 1.807) is 24.3 Å². The zero-order valence-corrected chi connectivity index (χ0v) is 21.2. The Morgan fingerprint density at radius 1 is 1.11 bits per heavy atom. The normalized spacial score (nSPS) is 13.8. The predicted octanol–water partition coefficient (Wildman–Crippen LogP) is 4.13. The van der Waals surface area contributed by atoms with Crippen LogP contribution in [-0.4, -0.2) is 63.9 Å². The molecule has 2 aromatic carbocycles. The number of hydrogen-bond acceptors (Lipinski definition) is 8. The quantitative estimate of drug-likeness (QED) is 0.314. The predicted molar refractivity (Wildman–Crippen MR) is 138 cm³/mol. The molecule has 0 radical (unpaired) electrons. The fourth-order valence-corrected chi connectivity index (χ4v) is 5.01. The fourth-order valence-electron chi connectivity index (χ4n) is 4.17. The number of carbonyl (C=O) groups excluding carboxylic acids is 1. The van der Waals surface area contributed by atoms with Crippen molar-refractivity contribution in [2.45, 2.75) is 32.7 Å². The highest BCUT2D eigenvalue weighted by atomic mass is 32.1. The molecule has 1 amide bonds. The summed E-state index contributed by atoms with van der Waals surface area (Å²) in [6, 6.07) is 13.0. The molecule has 1 aromatic heterocycles. The molecule has 9 nitrogen and oxygen atoms in total. The smallest absolute Gasteiger partial charge is 0.269 e. The molecule has 1 saturated heterocycles. The van der Waals surface area contributed by atoms with E-state index in [0.29, 0.717) is 51.4 Å². The van der Waals surface area contributed by atoms with Gasteiger partial charge in [0.25, 0.3) is 5.69 Å². The minimum absolute atomic E-state index is 0.0697. The number of hydrogen-bond donors (Lipinski definition) is 0. The highest BCUT2D eigenvalue weighted by Gasteiger charge is 2.23. The van der Waals surface area contributed by atoms with Gasteiger partial charge in [0.15, 0.2) is 0 Å². The standard InChI is InChI=1S/C25H29FN6O3S/c1-18(2)31(25-27-23(28-36-25)17-19-3-5-20(26)6-4-19)12-11-24(33)30-15-13-29(14-16-30)21-7-9-22(10-8-21)32(34)35/h3-10,18H,11-17H2,1-2H3. The molecule has 0 N–H and O–H groups in total. The Bertz CT molecular complexity index is 1180. The van der Waals surface area contributed by atoms with Gasteiger partial charge in [0, 0.05) is 81.0 Å². The van der Waals surface area contributed by atoms with Gasteiger partial charge in [-0.3, -0.25) is 14.9 Å². The molecule has 0 bridgehead atoms. The van der Waals surface area contributed by atoms with Crippen molar-refractivity contribution in [2.75, 3.05) is 42.5 Å². The van der Waals surface area contributed by atoms with Gasteiger partial charge >= 0.3 is 0 Å². The van der Waals surface area contributed by atoms with E-state index in [0.717, 1.165) is 16.4 Å². The minimum Gasteiger partial charge on any atom is -0.368 e. The molecule has 0 atom stereocenters. The molecule has 1 fully saturated rings. The number of non-ortho nitro benzene ring substituents is 1. The Morgan fingerprint density at radius 2 is 1.78 bits per heavy atom. The largest absolute Gasteiger partial charge is 0.368 e. The van der Waals surface area contributed by atoms with Crippen molar-refractivity contribution in [3.05, 3.63) is 75.9 Å². The molecule has 190 valence electrons. The van der Waals surface area contributed by atoms with Crippen molar-refractivity contribution in [2.24, 2.45) is 0 Å². The SMILES string of the molecule is CC(C)N(CCC(=O)N1CCN(c2ccc([N+](=O)[O-])cc2)CC1)c1nc(Cc2ccc(F)cc2)ns1. The summed E-state index contributed by atoms with van der Waals surface area (Å²) in [7, 11) is 0. The van der Waals surface area contributed by atoms with Crippen molar-refractivity contribution >= 4 is 33.9 Å². The first-order chi connectivity index (χ1) is 17.3. The van der Waals surface area contributed by atoms with E-state index < -0.39 is 4.92 Å². The van der Waals surface area contributed by atoms with Crippen LogP contribution in [0.4, 0.5) is 20.9 Å². The summed E-state index contributed by atoms with van der Waals surface area (Å²) in [5.74, 6) is 0.509. The lowest BCUT2D eigenvalue weighted by Crippen LogP contribution is -2.49. The number of nitro groups is 1. The van der Waals surface area contributed by atoms with E-state index in [4.69, 9.17) is 0 Å². The highest BCUT2D eigenvalue weighted by Crippen LogP contribution is 2.23. The van der Waals surface area contributed by atoms with Crippen molar-refractivity contribution in [3.63, 3.8) is 0 Å². The van der Waals surface area contributed by atoms with Crippen LogP contribution in [0.5, 0.6) is 0 Å². The third-order valence-electron chi connectivity index (χ3n) is 6.23. The molecular weight excluding hydrogens is 483 g/mol. The molecule has 36 heavy (non-hydrogen) atoms. The number of aromatic nitrogens is 2. The molecule has 3 aromatic rings. The monoisotopic (exact) mass is 512 g/mol. The van der Waals surface area contributed by atoms with Crippen molar-refractivity contribution in [1.82, 2.24) is 14.3 Å². The Morgan fingerprint density at radius 3 is 2.39 bits per heavy atom. The van der Waals surface area contributed by atoms with Crippen LogP contribution in [0.3, 0.4) is 0 Å². The zero-order chi connectivity index (χ0) is 25.7. The molecule has 1 aliphatic heterocycles. The van der Waals surface area contributed by atoms with Gasteiger partial charge < -0.3 is 14.7 Å².